The number of carboxylic acids is 1. The first-order valence-corrected chi connectivity index (χ1v) is 7.03. The molecule has 1 rings (SSSR count). The van der Waals surface area contributed by atoms with Crippen molar-refractivity contribution in [2.45, 2.75) is 51.0 Å². The molecule has 1 saturated carbocycles. The van der Waals surface area contributed by atoms with Crippen LogP contribution in [0.2, 0.25) is 0 Å². The van der Waals surface area contributed by atoms with Crippen molar-refractivity contribution in [3.8, 4) is 0 Å². The predicted octanol–water partition coefficient (Wildman–Crippen LogP) is 0.925. The van der Waals surface area contributed by atoms with Crippen LogP contribution in [0, 0.1) is 5.41 Å². The van der Waals surface area contributed by atoms with Gasteiger partial charge in [-0.15, -0.1) is 0 Å². The average Bonchev–Trinajstić information content (AvgIpc) is 2.84. The van der Waals surface area contributed by atoms with Gasteiger partial charge in [-0.25, -0.2) is 0 Å². The SMILES string of the molecule is COCCC(C)(O)CNC(=O)CC1(C(=O)O)CCCC1. The van der Waals surface area contributed by atoms with Crippen molar-refractivity contribution in [3.63, 3.8) is 0 Å². The highest BCUT2D eigenvalue weighted by Crippen LogP contribution is 2.41. The van der Waals surface area contributed by atoms with Crippen LogP contribution in [0.1, 0.15) is 45.4 Å². The smallest absolute Gasteiger partial charge is 0.310 e. The average molecular weight is 287 g/mol. The number of ether oxygens (including phenoxy) is 1. The minimum absolute atomic E-state index is 0.0112. The van der Waals surface area contributed by atoms with E-state index in [1.165, 1.54) is 0 Å². The maximum absolute atomic E-state index is 11.9. The number of hydrogen-bond acceptors (Lipinski definition) is 4. The van der Waals surface area contributed by atoms with Gasteiger partial charge in [0.15, 0.2) is 0 Å². The second-order valence-corrected chi connectivity index (χ2v) is 5.99. The molecule has 20 heavy (non-hydrogen) atoms. The lowest BCUT2D eigenvalue weighted by Gasteiger charge is -2.26. The topological polar surface area (TPSA) is 95.9 Å². The summed E-state index contributed by atoms with van der Waals surface area (Å²) < 4.78 is 4.89. The number of carbonyl (C=O) groups excluding carboxylic acids is 1. The van der Waals surface area contributed by atoms with Gasteiger partial charge in [-0.2, -0.15) is 0 Å². The lowest BCUT2D eigenvalue weighted by atomic mass is 9.82. The van der Waals surface area contributed by atoms with Crippen LogP contribution in [-0.2, 0) is 14.3 Å². The Morgan fingerprint density at radius 2 is 1.95 bits per heavy atom. The van der Waals surface area contributed by atoms with Crippen molar-refractivity contribution in [1.82, 2.24) is 5.32 Å². The molecule has 0 aromatic heterocycles. The molecule has 6 nitrogen and oxygen atoms in total. The van der Waals surface area contributed by atoms with E-state index in [2.05, 4.69) is 5.32 Å². The molecule has 1 atom stereocenters. The number of rotatable bonds is 8. The fourth-order valence-corrected chi connectivity index (χ4v) is 2.59. The molecule has 3 N–H and O–H groups in total. The Kier molecular flexibility index (Phi) is 5.95. The number of methoxy groups -OCH3 is 1. The van der Waals surface area contributed by atoms with E-state index in [1.807, 2.05) is 0 Å². The Labute approximate surface area is 119 Å². The maximum Gasteiger partial charge on any atom is 0.310 e. The molecule has 1 aliphatic rings. The summed E-state index contributed by atoms with van der Waals surface area (Å²) in [4.78, 5) is 23.3. The van der Waals surface area contributed by atoms with Crippen LogP contribution >= 0.6 is 0 Å². The Hall–Kier alpha value is -1.14. The van der Waals surface area contributed by atoms with Gasteiger partial charge in [0.2, 0.25) is 5.91 Å². The summed E-state index contributed by atoms with van der Waals surface area (Å²) in [7, 11) is 1.55. The molecule has 1 unspecified atom stereocenters. The number of amides is 1. The summed E-state index contributed by atoms with van der Waals surface area (Å²) in [6, 6.07) is 0. The van der Waals surface area contributed by atoms with Crippen LogP contribution in [0.3, 0.4) is 0 Å². The van der Waals surface area contributed by atoms with Crippen molar-refractivity contribution in [1.29, 1.82) is 0 Å². The van der Waals surface area contributed by atoms with Gasteiger partial charge in [0, 0.05) is 33.1 Å². The standard InChI is InChI=1S/C14H25NO5/c1-13(19,7-8-20-2)10-15-11(16)9-14(12(17)18)5-3-4-6-14/h19H,3-10H2,1-2H3,(H,15,16)(H,17,18). The fourth-order valence-electron chi connectivity index (χ4n) is 2.59. The summed E-state index contributed by atoms with van der Waals surface area (Å²) >= 11 is 0. The van der Waals surface area contributed by atoms with E-state index < -0.39 is 17.0 Å². The van der Waals surface area contributed by atoms with Gasteiger partial charge in [-0.1, -0.05) is 12.8 Å². The Bertz CT molecular complexity index is 347. The minimum atomic E-state index is -1.04. The number of aliphatic hydroxyl groups is 1. The molecule has 1 amide bonds. The molecule has 1 aliphatic carbocycles. The molecular formula is C14H25NO5. The molecule has 0 aromatic carbocycles. The largest absolute Gasteiger partial charge is 0.481 e. The normalized spacial score (nSPS) is 20.4. The molecule has 0 spiro atoms. The Balaban J connectivity index is 2.45. The molecule has 0 bridgehead atoms. The van der Waals surface area contributed by atoms with Crippen molar-refractivity contribution in [2.24, 2.45) is 5.41 Å². The molecule has 0 heterocycles. The van der Waals surface area contributed by atoms with E-state index in [1.54, 1.807) is 14.0 Å². The molecule has 6 heteroatoms. The first-order chi connectivity index (χ1) is 9.31. The zero-order valence-electron chi connectivity index (χ0n) is 12.3. The zero-order chi connectivity index (χ0) is 15.2. The maximum atomic E-state index is 11.9. The van der Waals surface area contributed by atoms with E-state index in [0.717, 1.165) is 12.8 Å². The summed E-state index contributed by atoms with van der Waals surface area (Å²) in [5, 5.41) is 22.0. The number of carboxylic acid groups (broad SMARTS) is 1. The van der Waals surface area contributed by atoms with Gasteiger partial charge in [-0.05, 0) is 19.8 Å². The monoisotopic (exact) mass is 287 g/mol. The van der Waals surface area contributed by atoms with E-state index in [0.29, 0.717) is 25.9 Å². The first-order valence-electron chi connectivity index (χ1n) is 7.03. The minimum Gasteiger partial charge on any atom is -0.481 e. The van der Waals surface area contributed by atoms with Crippen LogP contribution in [-0.4, -0.2) is 48.0 Å². The summed E-state index contributed by atoms with van der Waals surface area (Å²) in [6.45, 7) is 2.13. The Morgan fingerprint density at radius 3 is 2.45 bits per heavy atom. The van der Waals surface area contributed by atoms with Gasteiger partial charge < -0.3 is 20.3 Å². The van der Waals surface area contributed by atoms with Crippen molar-refractivity contribution < 1.29 is 24.5 Å². The third-order valence-corrected chi connectivity index (χ3v) is 4.02. The molecule has 1 fully saturated rings. The predicted molar refractivity (Wildman–Crippen MR) is 73.3 cm³/mol. The third-order valence-electron chi connectivity index (χ3n) is 4.02. The summed E-state index contributed by atoms with van der Waals surface area (Å²) in [6.07, 6.45) is 3.21. The first kappa shape index (κ1) is 16.9. The molecular weight excluding hydrogens is 262 g/mol. The highest BCUT2D eigenvalue weighted by Gasteiger charge is 2.43. The van der Waals surface area contributed by atoms with Gasteiger partial charge in [0.1, 0.15) is 0 Å². The van der Waals surface area contributed by atoms with Gasteiger partial charge in [0.25, 0.3) is 0 Å². The number of aliphatic carboxylic acids is 1. The number of carbonyl (C=O) groups is 2. The third kappa shape index (κ3) is 4.76. The molecule has 0 aliphatic heterocycles. The van der Waals surface area contributed by atoms with E-state index in [9.17, 15) is 19.8 Å². The lowest BCUT2D eigenvalue weighted by molar-refractivity contribution is -0.151. The Morgan fingerprint density at radius 1 is 1.35 bits per heavy atom. The van der Waals surface area contributed by atoms with Crippen LogP contribution in [0.5, 0.6) is 0 Å². The van der Waals surface area contributed by atoms with Gasteiger partial charge >= 0.3 is 5.97 Å². The van der Waals surface area contributed by atoms with Crippen LogP contribution in [0.25, 0.3) is 0 Å². The highest BCUT2D eigenvalue weighted by molar-refractivity contribution is 5.85. The van der Waals surface area contributed by atoms with Gasteiger partial charge in [0.05, 0.1) is 11.0 Å². The molecule has 0 radical (unpaired) electrons. The van der Waals surface area contributed by atoms with E-state index in [-0.39, 0.29) is 18.9 Å². The van der Waals surface area contributed by atoms with E-state index >= 15 is 0 Å². The summed E-state index contributed by atoms with van der Waals surface area (Å²) in [5.41, 5.74) is -1.96. The molecule has 0 saturated heterocycles. The number of nitrogens with one attached hydrogen (secondary N) is 1. The van der Waals surface area contributed by atoms with E-state index in [4.69, 9.17) is 4.74 Å². The molecule has 0 aromatic rings. The van der Waals surface area contributed by atoms with Crippen molar-refractivity contribution >= 4 is 11.9 Å². The van der Waals surface area contributed by atoms with Crippen LogP contribution in [0.4, 0.5) is 0 Å². The molecule has 116 valence electrons. The number of hydrogen-bond donors (Lipinski definition) is 3. The van der Waals surface area contributed by atoms with Gasteiger partial charge in [-0.3, -0.25) is 9.59 Å². The quantitative estimate of drug-likeness (QED) is 0.617. The fraction of sp³-hybridized carbons (Fsp3) is 0.857. The second kappa shape index (κ2) is 7.04. The highest BCUT2D eigenvalue weighted by atomic mass is 16.5. The van der Waals surface area contributed by atoms with Crippen molar-refractivity contribution in [3.05, 3.63) is 0 Å². The van der Waals surface area contributed by atoms with Crippen LogP contribution in [0.15, 0.2) is 0 Å². The van der Waals surface area contributed by atoms with Crippen molar-refractivity contribution in [2.75, 3.05) is 20.3 Å². The zero-order valence-corrected chi connectivity index (χ0v) is 12.3. The summed E-state index contributed by atoms with van der Waals surface area (Å²) in [5.74, 6) is -1.21. The second-order valence-electron chi connectivity index (χ2n) is 5.99. The van der Waals surface area contributed by atoms with Crippen LogP contribution < -0.4 is 5.32 Å². The lowest BCUT2D eigenvalue weighted by Crippen LogP contribution is -2.43.